The van der Waals surface area contributed by atoms with Crippen LogP contribution in [0.25, 0.3) is 21.8 Å². The lowest BCUT2D eigenvalue weighted by molar-refractivity contribution is 0.415. The third-order valence-corrected chi connectivity index (χ3v) is 5.65. The molecular weight excluding hydrogens is 316 g/mol. The molecule has 0 atom stereocenters. The van der Waals surface area contributed by atoms with Gasteiger partial charge in [-0.15, -0.1) is 11.3 Å². The van der Waals surface area contributed by atoms with Crippen LogP contribution in [0.1, 0.15) is 37.2 Å². The molecule has 24 heavy (non-hydrogen) atoms. The first-order chi connectivity index (χ1) is 11.8. The summed E-state index contributed by atoms with van der Waals surface area (Å²) < 4.78 is 5.23. The molecule has 1 aromatic carbocycles. The molecule has 4 rings (SSSR count). The zero-order valence-corrected chi connectivity index (χ0v) is 14.6. The standard InChI is InChI=1S/C20H20N2OS/c1-23-16-8-6-15(7-9-16)19-13-24-20(22-19)18-12-21-11-10-17(18)14-4-2-3-5-14/h6-14H,2-5H2,1H3. The zero-order chi connectivity index (χ0) is 16.4. The van der Waals surface area contributed by atoms with Gasteiger partial charge in [-0.05, 0) is 54.7 Å². The van der Waals surface area contributed by atoms with Crippen molar-refractivity contribution in [2.75, 3.05) is 7.11 Å². The lowest BCUT2D eigenvalue weighted by Gasteiger charge is -2.13. The van der Waals surface area contributed by atoms with Gasteiger partial charge in [-0.1, -0.05) is 12.8 Å². The highest BCUT2D eigenvalue weighted by atomic mass is 32.1. The number of methoxy groups -OCH3 is 1. The Morgan fingerprint density at radius 3 is 2.62 bits per heavy atom. The van der Waals surface area contributed by atoms with Crippen molar-refractivity contribution in [1.82, 2.24) is 9.97 Å². The highest BCUT2D eigenvalue weighted by Gasteiger charge is 2.21. The molecule has 1 saturated carbocycles. The molecule has 0 aliphatic heterocycles. The van der Waals surface area contributed by atoms with Crippen LogP contribution in [0.2, 0.25) is 0 Å². The molecule has 0 amide bonds. The summed E-state index contributed by atoms with van der Waals surface area (Å²) in [5.41, 5.74) is 4.75. The molecule has 0 saturated heterocycles. The summed E-state index contributed by atoms with van der Waals surface area (Å²) >= 11 is 1.70. The van der Waals surface area contributed by atoms with Gasteiger partial charge in [0.1, 0.15) is 10.8 Å². The van der Waals surface area contributed by atoms with E-state index in [1.165, 1.54) is 36.8 Å². The Labute approximate surface area is 146 Å². The minimum Gasteiger partial charge on any atom is -0.497 e. The van der Waals surface area contributed by atoms with Crippen molar-refractivity contribution in [2.45, 2.75) is 31.6 Å². The van der Waals surface area contributed by atoms with Crippen LogP contribution in [0, 0.1) is 0 Å². The fraction of sp³-hybridized carbons (Fsp3) is 0.300. The summed E-state index contributed by atoms with van der Waals surface area (Å²) in [6, 6.07) is 10.2. The van der Waals surface area contributed by atoms with Crippen LogP contribution in [-0.2, 0) is 0 Å². The van der Waals surface area contributed by atoms with Crippen LogP contribution in [0.4, 0.5) is 0 Å². The topological polar surface area (TPSA) is 35.0 Å². The summed E-state index contributed by atoms with van der Waals surface area (Å²) in [6.07, 6.45) is 9.13. The number of thiazole rings is 1. The highest BCUT2D eigenvalue weighted by molar-refractivity contribution is 7.13. The summed E-state index contributed by atoms with van der Waals surface area (Å²) in [7, 11) is 1.68. The molecule has 4 heteroatoms. The van der Waals surface area contributed by atoms with Crippen LogP contribution in [0.5, 0.6) is 5.75 Å². The molecule has 2 aromatic heterocycles. The minimum absolute atomic E-state index is 0.663. The van der Waals surface area contributed by atoms with Gasteiger partial charge in [-0.2, -0.15) is 0 Å². The first kappa shape index (κ1) is 15.3. The summed E-state index contributed by atoms with van der Waals surface area (Å²) in [6.45, 7) is 0. The molecule has 3 aromatic rings. The van der Waals surface area contributed by atoms with Crippen LogP contribution in [-0.4, -0.2) is 17.1 Å². The number of pyridine rings is 1. The van der Waals surface area contributed by atoms with Gasteiger partial charge in [-0.25, -0.2) is 4.98 Å². The normalized spacial score (nSPS) is 14.9. The van der Waals surface area contributed by atoms with Crippen molar-refractivity contribution in [3.05, 3.63) is 53.7 Å². The molecule has 1 aliphatic carbocycles. The van der Waals surface area contributed by atoms with Gasteiger partial charge >= 0.3 is 0 Å². The van der Waals surface area contributed by atoms with E-state index in [9.17, 15) is 0 Å². The second-order valence-corrected chi connectivity index (χ2v) is 7.07. The van der Waals surface area contributed by atoms with Crippen molar-refractivity contribution >= 4 is 11.3 Å². The Morgan fingerprint density at radius 1 is 1.08 bits per heavy atom. The van der Waals surface area contributed by atoms with Crippen molar-refractivity contribution < 1.29 is 4.74 Å². The average Bonchev–Trinajstić information content (AvgIpc) is 3.34. The first-order valence-corrected chi connectivity index (χ1v) is 9.27. The molecule has 1 fully saturated rings. The van der Waals surface area contributed by atoms with E-state index in [1.54, 1.807) is 18.4 Å². The van der Waals surface area contributed by atoms with E-state index in [0.717, 1.165) is 22.0 Å². The van der Waals surface area contributed by atoms with Crippen molar-refractivity contribution in [2.24, 2.45) is 0 Å². The second-order valence-electron chi connectivity index (χ2n) is 6.21. The molecule has 0 radical (unpaired) electrons. The second kappa shape index (κ2) is 6.73. The smallest absolute Gasteiger partial charge is 0.125 e. The lowest BCUT2D eigenvalue weighted by Crippen LogP contribution is -1.96. The Bertz CT molecular complexity index is 820. The summed E-state index contributed by atoms with van der Waals surface area (Å²) in [4.78, 5) is 9.22. The van der Waals surface area contributed by atoms with Gasteiger partial charge in [0.2, 0.25) is 0 Å². The Hall–Kier alpha value is -2.20. The van der Waals surface area contributed by atoms with Crippen LogP contribution in [0.3, 0.4) is 0 Å². The maximum absolute atomic E-state index is 5.23. The molecule has 0 N–H and O–H groups in total. The molecule has 0 bridgehead atoms. The lowest BCUT2D eigenvalue weighted by atomic mass is 9.95. The predicted molar refractivity (Wildman–Crippen MR) is 98.5 cm³/mol. The van der Waals surface area contributed by atoms with Crippen molar-refractivity contribution in [3.8, 4) is 27.6 Å². The largest absolute Gasteiger partial charge is 0.497 e. The third-order valence-electron chi connectivity index (χ3n) is 4.77. The van der Waals surface area contributed by atoms with Crippen LogP contribution < -0.4 is 4.74 Å². The highest BCUT2D eigenvalue weighted by Crippen LogP contribution is 2.40. The Kier molecular flexibility index (Phi) is 4.30. The molecular formula is C20H20N2OS. The van der Waals surface area contributed by atoms with Crippen LogP contribution >= 0.6 is 11.3 Å². The van der Waals surface area contributed by atoms with Crippen molar-refractivity contribution in [1.29, 1.82) is 0 Å². The summed E-state index contributed by atoms with van der Waals surface area (Å²) in [5, 5.41) is 3.19. The van der Waals surface area contributed by atoms with Crippen molar-refractivity contribution in [3.63, 3.8) is 0 Å². The molecule has 0 spiro atoms. The van der Waals surface area contributed by atoms with Gasteiger partial charge in [0.25, 0.3) is 0 Å². The molecule has 3 nitrogen and oxygen atoms in total. The van der Waals surface area contributed by atoms with Gasteiger partial charge in [0.15, 0.2) is 0 Å². The summed E-state index contributed by atoms with van der Waals surface area (Å²) in [5.74, 6) is 1.53. The number of ether oxygens (including phenoxy) is 1. The van der Waals surface area contributed by atoms with Gasteiger partial charge in [0.05, 0.1) is 12.8 Å². The zero-order valence-electron chi connectivity index (χ0n) is 13.7. The molecule has 122 valence electrons. The Balaban J connectivity index is 1.67. The van der Waals surface area contributed by atoms with Gasteiger partial charge < -0.3 is 4.74 Å². The quantitative estimate of drug-likeness (QED) is 0.627. The van der Waals surface area contributed by atoms with Gasteiger partial charge in [-0.3, -0.25) is 4.98 Å². The number of hydrogen-bond donors (Lipinski definition) is 0. The number of hydrogen-bond acceptors (Lipinski definition) is 4. The van der Waals surface area contributed by atoms with E-state index >= 15 is 0 Å². The fourth-order valence-electron chi connectivity index (χ4n) is 3.47. The van der Waals surface area contributed by atoms with E-state index in [0.29, 0.717) is 5.92 Å². The third kappa shape index (κ3) is 2.94. The SMILES string of the molecule is COc1ccc(-c2csc(-c3cnccc3C3CCCC3)n2)cc1. The number of benzene rings is 1. The van der Waals surface area contributed by atoms with E-state index in [4.69, 9.17) is 9.72 Å². The minimum atomic E-state index is 0.663. The predicted octanol–water partition coefficient (Wildman–Crippen LogP) is 5.54. The van der Waals surface area contributed by atoms with E-state index in [2.05, 4.69) is 28.6 Å². The monoisotopic (exact) mass is 336 g/mol. The van der Waals surface area contributed by atoms with Gasteiger partial charge in [0, 0.05) is 28.9 Å². The number of aromatic nitrogens is 2. The average molecular weight is 336 g/mol. The van der Waals surface area contributed by atoms with Crippen LogP contribution in [0.15, 0.2) is 48.1 Å². The maximum atomic E-state index is 5.23. The molecule has 2 heterocycles. The van der Waals surface area contributed by atoms with E-state index < -0.39 is 0 Å². The number of rotatable bonds is 4. The molecule has 1 aliphatic rings. The maximum Gasteiger partial charge on any atom is 0.125 e. The number of nitrogens with zero attached hydrogens (tertiary/aromatic N) is 2. The fourth-order valence-corrected chi connectivity index (χ4v) is 4.33. The van der Waals surface area contributed by atoms with E-state index in [-0.39, 0.29) is 0 Å². The Morgan fingerprint density at radius 2 is 1.88 bits per heavy atom. The molecule has 0 unspecified atom stereocenters. The first-order valence-electron chi connectivity index (χ1n) is 8.39. The van der Waals surface area contributed by atoms with E-state index in [1.807, 2.05) is 24.5 Å².